The van der Waals surface area contributed by atoms with Gasteiger partial charge in [0.1, 0.15) is 17.9 Å². The van der Waals surface area contributed by atoms with Crippen LogP contribution in [0, 0.1) is 18.3 Å². The van der Waals surface area contributed by atoms with Gasteiger partial charge in [0.25, 0.3) is 0 Å². The maximum absolute atomic E-state index is 9.61. The number of aryl methyl sites for hydroxylation is 1. The van der Waals surface area contributed by atoms with Gasteiger partial charge < -0.3 is 9.47 Å². The molecule has 0 saturated heterocycles. The number of nitrogens with zero attached hydrogens (tertiary/aromatic N) is 2. The van der Waals surface area contributed by atoms with Crippen LogP contribution in [0.4, 0.5) is 0 Å². The molecule has 0 amide bonds. The fraction of sp³-hybridized carbons (Fsp3) is 0.294. The van der Waals surface area contributed by atoms with Gasteiger partial charge in [-0.15, -0.1) is 11.8 Å². The number of benzene rings is 1. The zero-order valence-corrected chi connectivity index (χ0v) is 13.7. The molecule has 0 saturated carbocycles. The fourth-order valence-corrected chi connectivity index (χ4v) is 2.87. The molecule has 0 aliphatic carbocycles. The lowest BCUT2D eigenvalue weighted by atomic mass is 9.95. The molecule has 2 aromatic rings. The molecule has 0 aliphatic heterocycles. The second-order valence-electron chi connectivity index (χ2n) is 4.67. The van der Waals surface area contributed by atoms with Crippen molar-refractivity contribution in [3.8, 4) is 17.2 Å². The highest BCUT2D eigenvalue weighted by atomic mass is 32.2. The number of aromatic nitrogens is 1. The maximum Gasteiger partial charge on any atom is 0.146 e. The zero-order valence-electron chi connectivity index (χ0n) is 12.9. The molecule has 114 valence electrons. The molecular formula is C17H18N2O2S. The average molecular weight is 314 g/mol. The lowest BCUT2D eigenvalue weighted by Gasteiger charge is -2.16. The first-order valence-corrected chi connectivity index (χ1v) is 8.05. The van der Waals surface area contributed by atoms with Gasteiger partial charge in [-0.1, -0.05) is 30.3 Å². The molecule has 0 unspecified atom stereocenters. The van der Waals surface area contributed by atoms with Crippen molar-refractivity contribution < 1.29 is 9.47 Å². The van der Waals surface area contributed by atoms with Crippen LogP contribution in [0.5, 0.6) is 0 Å². The largest absolute Gasteiger partial charge is 0.359 e. The van der Waals surface area contributed by atoms with Crippen LogP contribution in [-0.4, -0.2) is 25.1 Å². The van der Waals surface area contributed by atoms with Crippen LogP contribution in [0.1, 0.15) is 16.8 Å². The molecular weight excluding hydrogens is 296 g/mol. The first kappa shape index (κ1) is 16.5. The number of pyridine rings is 1. The normalized spacial score (nSPS) is 10.5. The summed E-state index contributed by atoms with van der Waals surface area (Å²) in [7, 11) is 1.58. The Labute approximate surface area is 135 Å². The Balaban J connectivity index is 2.63. The number of rotatable bonds is 6. The van der Waals surface area contributed by atoms with E-state index in [1.165, 1.54) is 11.8 Å². The van der Waals surface area contributed by atoms with Gasteiger partial charge in [0, 0.05) is 23.9 Å². The predicted octanol–water partition coefficient (Wildman–Crippen LogP) is 3.77. The van der Waals surface area contributed by atoms with Crippen LogP contribution < -0.4 is 0 Å². The second kappa shape index (κ2) is 7.95. The van der Waals surface area contributed by atoms with E-state index >= 15 is 0 Å². The van der Waals surface area contributed by atoms with Gasteiger partial charge in [0.05, 0.1) is 12.2 Å². The molecule has 0 bridgehead atoms. The van der Waals surface area contributed by atoms with Gasteiger partial charge in [0.15, 0.2) is 0 Å². The molecule has 0 radical (unpaired) electrons. The van der Waals surface area contributed by atoms with Crippen molar-refractivity contribution in [1.82, 2.24) is 4.98 Å². The van der Waals surface area contributed by atoms with Crippen molar-refractivity contribution in [2.24, 2.45) is 0 Å². The highest BCUT2D eigenvalue weighted by molar-refractivity contribution is 7.98. The standard InChI is InChI=1S/C17H18N2O2S/c1-12-15(10-21-11-20-2)16(13-7-5-4-6-8-13)14(9-18)17(19-12)22-3/h4-8H,10-11H2,1-3H3. The molecule has 0 N–H and O–H groups in total. The smallest absolute Gasteiger partial charge is 0.146 e. The summed E-state index contributed by atoms with van der Waals surface area (Å²) in [6, 6.07) is 12.2. The van der Waals surface area contributed by atoms with E-state index in [0.29, 0.717) is 12.2 Å². The summed E-state index contributed by atoms with van der Waals surface area (Å²) < 4.78 is 10.4. The van der Waals surface area contributed by atoms with Gasteiger partial charge in [-0.2, -0.15) is 5.26 Å². The molecule has 2 rings (SSSR count). The Kier molecular flexibility index (Phi) is 5.96. The average Bonchev–Trinajstić information content (AvgIpc) is 2.56. The molecule has 0 aliphatic rings. The van der Waals surface area contributed by atoms with E-state index in [0.717, 1.165) is 27.4 Å². The summed E-state index contributed by atoms with van der Waals surface area (Å²) in [6.07, 6.45) is 1.93. The van der Waals surface area contributed by atoms with Crippen LogP contribution in [0.2, 0.25) is 0 Å². The first-order chi connectivity index (χ1) is 10.7. The topological polar surface area (TPSA) is 55.1 Å². The van der Waals surface area contributed by atoms with E-state index in [1.807, 2.05) is 43.5 Å². The number of hydrogen-bond acceptors (Lipinski definition) is 5. The summed E-state index contributed by atoms with van der Waals surface area (Å²) in [6.45, 7) is 2.51. The molecule has 1 aromatic carbocycles. The Morgan fingerprint density at radius 3 is 2.59 bits per heavy atom. The van der Waals surface area contributed by atoms with Crippen molar-refractivity contribution in [1.29, 1.82) is 5.26 Å². The Hall–Kier alpha value is -1.87. The molecule has 5 heteroatoms. The van der Waals surface area contributed by atoms with Gasteiger partial charge in [0.2, 0.25) is 0 Å². The summed E-state index contributed by atoms with van der Waals surface area (Å²) >= 11 is 1.48. The van der Waals surface area contributed by atoms with Gasteiger partial charge >= 0.3 is 0 Å². The Morgan fingerprint density at radius 1 is 1.27 bits per heavy atom. The molecule has 0 fully saturated rings. The molecule has 0 spiro atoms. The minimum absolute atomic E-state index is 0.208. The van der Waals surface area contributed by atoms with Crippen LogP contribution >= 0.6 is 11.8 Å². The van der Waals surface area contributed by atoms with Crippen LogP contribution in [0.15, 0.2) is 35.4 Å². The molecule has 1 aromatic heterocycles. The van der Waals surface area contributed by atoms with E-state index in [1.54, 1.807) is 7.11 Å². The van der Waals surface area contributed by atoms with Crippen molar-refractivity contribution in [2.75, 3.05) is 20.2 Å². The Bertz CT molecular complexity index is 681. The van der Waals surface area contributed by atoms with Crippen LogP contribution in [0.25, 0.3) is 11.1 Å². The van der Waals surface area contributed by atoms with E-state index in [9.17, 15) is 5.26 Å². The number of nitriles is 1. The molecule has 1 heterocycles. The lowest BCUT2D eigenvalue weighted by molar-refractivity contribution is -0.0391. The van der Waals surface area contributed by atoms with Gasteiger partial charge in [-0.05, 0) is 18.7 Å². The van der Waals surface area contributed by atoms with E-state index in [2.05, 4.69) is 11.1 Å². The minimum atomic E-state index is 0.208. The third kappa shape index (κ3) is 3.47. The molecule has 4 nitrogen and oxygen atoms in total. The summed E-state index contributed by atoms with van der Waals surface area (Å²) in [5.41, 5.74) is 4.29. The zero-order chi connectivity index (χ0) is 15.9. The summed E-state index contributed by atoms with van der Waals surface area (Å²) in [5.74, 6) is 0. The van der Waals surface area contributed by atoms with E-state index in [-0.39, 0.29) is 6.79 Å². The molecule has 22 heavy (non-hydrogen) atoms. The van der Waals surface area contributed by atoms with E-state index in [4.69, 9.17) is 9.47 Å². The summed E-state index contributed by atoms with van der Waals surface area (Å²) in [5, 5.41) is 10.4. The molecule has 0 atom stereocenters. The third-order valence-corrected chi connectivity index (χ3v) is 3.97. The quantitative estimate of drug-likeness (QED) is 0.461. The number of methoxy groups -OCH3 is 1. The second-order valence-corrected chi connectivity index (χ2v) is 5.46. The summed E-state index contributed by atoms with van der Waals surface area (Å²) in [4.78, 5) is 4.55. The van der Waals surface area contributed by atoms with Crippen molar-refractivity contribution >= 4 is 11.8 Å². The first-order valence-electron chi connectivity index (χ1n) is 6.82. The van der Waals surface area contributed by atoms with E-state index < -0.39 is 0 Å². The SMILES string of the molecule is COCOCc1c(C)nc(SC)c(C#N)c1-c1ccccc1. The van der Waals surface area contributed by atoms with Gasteiger partial charge in [-0.3, -0.25) is 0 Å². The Morgan fingerprint density at radius 2 is 2.00 bits per heavy atom. The lowest BCUT2D eigenvalue weighted by Crippen LogP contribution is -2.06. The van der Waals surface area contributed by atoms with Gasteiger partial charge in [-0.25, -0.2) is 4.98 Å². The predicted molar refractivity (Wildman–Crippen MR) is 87.6 cm³/mol. The van der Waals surface area contributed by atoms with Crippen molar-refractivity contribution in [3.63, 3.8) is 0 Å². The maximum atomic E-state index is 9.61. The minimum Gasteiger partial charge on any atom is -0.359 e. The highest BCUT2D eigenvalue weighted by Gasteiger charge is 2.19. The number of ether oxygens (including phenoxy) is 2. The third-order valence-electron chi connectivity index (χ3n) is 3.29. The highest BCUT2D eigenvalue weighted by Crippen LogP contribution is 2.34. The monoisotopic (exact) mass is 314 g/mol. The van der Waals surface area contributed by atoms with Crippen molar-refractivity contribution in [2.45, 2.75) is 18.6 Å². The fourth-order valence-electron chi connectivity index (χ4n) is 2.29. The number of thioether (sulfide) groups is 1. The number of hydrogen-bond donors (Lipinski definition) is 0. The van der Waals surface area contributed by atoms with Crippen LogP contribution in [0.3, 0.4) is 0 Å². The van der Waals surface area contributed by atoms with Crippen LogP contribution in [-0.2, 0) is 16.1 Å². The van der Waals surface area contributed by atoms with Crippen molar-refractivity contribution in [3.05, 3.63) is 47.2 Å².